The number of benzene rings is 4. The standard InChI is InChI=1S/C29H23N3O7S2/c30-38-39-41-20-6-1-16(2-7-20)11-12-31-29(40)32-17-3-8-21(24(13-17)28(35)36)27-22-9-4-18(33)14-25(22)37-26-15-19(34)5-10-23(26)27/h1-10,13-15,33H,11-12,30H2,(H,35,36)(H2,31,32,40). The molecule has 1 aliphatic carbocycles. The Kier molecular flexibility index (Phi) is 8.47. The van der Waals surface area contributed by atoms with Gasteiger partial charge in [0.05, 0.1) is 17.6 Å². The van der Waals surface area contributed by atoms with Crippen LogP contribution in [0.1, 0.15) is 15.9 Å². The van der Waals surface area contributed by atoms with Gasteiger partial charge in [0, 0.05) is 45.8 Å². The number of phenols is 1. The SMILES string of the molecule is NOOSc1ccc(CCNC(=S)Nc2ccc(-c3c4ccc(=O)cc-4oc4cc(O)ccc34)c(C(=O)O)c2)cc1. The molecule has 3 aromatic rings. The van der Waals surface area contributed by atoms with Crippen LogP contribution in [0.2, 0.25) is 0 Å². The van der Waals surface area contributed by atoms with Crippen molar-refractivity contribution < 1.29 is 28.7 Å². The normalized spacial score (nSPS) is 11.0. The van der Waals surface area contributed by atoms with Crippen LogP contribution in [0.3, 0.4) is 0 Å². The van der Waals surface area contributed by atoms with Crippen LogP contribution in [0.25, 0.3) is 33.4 Å². The van der Waals surface area contributed by atoms with Gasteiger partial charge in [-0.15, -0.1) is 9.32 Å². The molecule has 0 spiro atoms. The quantitative estimate of drug-likeness (QED) is 0.0496. The van der Waals surface area contributed by atoms with Gasteiger partial charge in [0.1, 0.15) is 17.1 Å². The Balaban J connectivity index is 1.37. The third-order valence-corrected chi connectivity index (χ3v) is 7.10. The lowest BCUT2D eigenvalue weighted by Gasteiger charge is -2.18. The van der Waals surface area contributed by atoms with E-state index in [1.54, 1.807) is 24.3 Å². The monoisotopic (exact) mass is 589 g/mol. The number of aromatic carboxylic acids is 1. The van der Waals surface area contributed by atoms with Crippen molar-refractivity contribution in [1.82, 2.24) is 5.32 Å². The molecule has 0 atom stereocenters. The average Bonchev–Trinajstić information content (AvgIpc) is 2.95. The second kappa shape index (κ2) is 12.4. The van der Waals surface area contributed by atoms with E-state index in [1.165, 1.54) is 30.3 Å². The van der Waals surface area contributed by atoms with E-state index in [4.69, 9.17) is 22.5 Å². The Labute approximate surface area is 243 Å². The van der Waals surface area contributed by atoms with Crippen molar-refractivity contribution in [2.45, 2.75) is 11.3 Å². The molecule has 0 fully saturated rings. The zero-order valence-corrected chi connectivity index (χ0v) is 22.9. The highest BCUT2D eigenvalue weighted by Gasteiger charge is 2.22. The molecule has 0 saturated heterocycles. The fourth-order valence-corrected chi connectivity index (χ4v) is 5.02. The highest BCUT2D eigenvalue weighted by atomic mass is 32.2. The zero-order chi connectivity index (χ0) is 28.9. The van der Waals surface area contributed by atoms with Gasteiger partial charge in [-0.05, 0) is 78.3 Å². The number of phenolic OH excluding ortho intramolecular Hbond substituents is 1. The summed E-state index contributed by atoms with van der Waals surface area (Å²) in [6.45, 7) is 0.546. The predicted octanol–water partition coefficient (Wildman–Crippen LogP) is 5.33. The fraction of sp³-hybridized carbons (Fsp3) is 0.0690. The van der Waals surface area contributed by atoms with Crippen molar-refractivity contribution in [2.75, 3.05) is 11.9 Å². The van der Waals surface area contributed by atoms with Crippen molar-refractivity contribution in [3.63, 3.8) is 0 Å². The number of carboxylic acids is 1. The van der Waals surface area contributed by atoms with Crippen LogP contribution in [0.4, 0.5) is 5.69 Å². The lowest BCUT2D eigenvalue weighted by molar-refractivity contribution is -0.195. The van der Waals surface area contributed by atoms with E-state index in [2.05, 4.69) is 20.0 Å². The van der Waals surface area contributed by atoms with Crippen LogP contribution >= 0.6 is 24.3 Å². The van der Waals surface area contributed by atoms with Crippen LogP contribution in [0.15, 0.2) is 93.0 Å². The van der Waals surface area contributed by atoms with Crippen molar-refractivity contribution >= 4 is 52.0 Å². The number of hydrogen-bond acceptors (Lipinski definition) is 9. The molecule has 208 valence electrons. The van der Waals surface area contributed by atoms with Gasteiger partial charge in [-0.3, -0.25) is 4.79 Å². The number of nitrogens with two attached hydrogens (primary N) is 1. The summed E-state index contributed by atoms with van der Waals surface area (Å²) in [6.07, 6.45) is 0.695. The van der Waals surface area contributed by atoms with E-state index in [-0.39, 0.29) is 22.5 Å². The molecule has 0 bridgehead atoms. The summed E-state index contributed by atoms with van der Waals surface area (Å²) in [5, 5.41) is 27.2. The van der Waals surface area contributed by atoms with Gasteiger partial charge in [0.15, 0.2) is 10.5 Å². The van der Waals surface area contributed by atoms with Gasteiger partial charge in [-0.25, -0.2) is 4.79 Å². The Hall–Kier alpha value is -4.46. The van der Waals surface area contributed by atoms with Crippen LogP contribution in [-0.4, -0.2) is 27.8 Å². The first-order valence-corrected chi connectivity index (χ1v) is 13.4. The number of anilines is 1. The van der Waals surface area contributed by atoms with Gasteiger partial charge >= 0.3 is 5.97 Å². The first-order chi connectivity index (χ1) is 19.8. The Morgan fingerprint density at radius 1 is 1.00 bits per heavy atom. The first kappa shape index (κ1) is 28.1. The molecule has 3 aromatic carbocycles. The van der Waals surface area contributed by atoms with Crippen molar-refractivity contribution in [2.24, 2.45) is 5.90 Å². The van der Waals surface area contributed by atoms with Crippen molar-refractivity contribution in [1.29, 1.82) is 0 Å². The molecule has 1 aliphatic heterocycles. The first-order valence-electron chi connectivity index (χ1n) is 12.2. The number of rotatable bonds is 9. The molecule has 0 radical (unpaired) electrons. The maximum absolute atomic E-state index is 12.4. The molecule has 0 saturated carbocycles. The van der Waals surface area contributed by atoms with Crippen LogP contribution in [-0.2, 0) is 15.7 Å². The van der Waals surface area contributed by atoms with Gasteiger partial charge in [0.2, 0.25) is 0 Å². The maximum Gasteiger partial charge on any atom is 0.336 e. The second-order valence-corrected chi connectivity index (χ2v) is 10.1. The molecule has 12 heteroatoms. The van der Waals surface area contributed by atoms with Crippen molar-refractivity contribution in [3.8, 4) is 28.2 Å². The minimum Gasteiger partial charge on any atom is -0.508 e. The predicted molar refractivity (Wildman–Crippen MR) is 160 cm³/mol. The lowest BCUT2D eigenvalue weighted by Crippen LogP contribution is -2.30. The highest BCUT2D eigenvalue weighted by molar-refractivity contribution is 7.94. The van der Waals surface area contributed by atoms with E-state index >= 15 is 0 Å². The molecular weight excluding hydrogens is 566 g/mol. The number of aromatic hydroxyl groups is 1. The van der Waals surface area contributed by atoms with Crippen molar-refractivity contribution in [3.05, 3.63) is 100 Å². The topological polar surface area (TPSA) is 156 Å². The minimum atomic E-state index is -1.14. The van der Waals surface area contributed by atoms with Gasteiger partial charge in [-0.2, -0.15) is 5.90 Å². The van der Waals surface area contributed by atoms with Crippen LogP contribution < -0.4 is 22.0 Å². The zero-order valence-electron chi connectivity index (χ0n) is 21.2. The fourth-order valence-electron chi connectivity index (χ4n) is 4.43. The summed E-state index contributed by atoms with van der Waals surface area (Å²) in [5.41, 5.74) is 3.19. The summed E-state index contributed by atoms with van der Waals surface area (Å²) in [4.78, 5) is 29.3. The Morgan fingerprint density at radius 3 is 2.54 bits per heavy atom. The smallest absolute Gasteiger partial charge is 0.336 e. The van der Waals surface area contributed by atoms with Gasteiger partial charge in [0.25, 0.3) is 0 Å². The van der Waals surface area contributed by atoms with Crippen LogP contribution in [0, 0.1) is 0 Å². The maximum atomic E-state index is 12.4. The molecule has 10 nitrogen and oxygen atoms in total. The molecule has 6 N–H and O–H groups in total. The van der Waals surface area contributed by atoms with E-state index < -0.39 is 5.97 Å². The summed E-state index contributed by atoms with van der Waals surface area (Å²) in [7, 11) is 0. The largest absolute Gasteiger partial charge is 0.508 e. The average molecular weight is 590 g/mol. The molecule has 2 aliphatic rings. The summed E-state index contributed by atoms with van der Waals surface area (Å²) in [6, 6.07) is 21.5. The molecule has 0 aromatic heterocycles. The minimum absolute atomic E-state index is 0.0212. The third kappa shape index (κ3) is 6.48. The van der Waals surface area contributed by atoms with E-state index in [1.807, 2.05) is 24.3 Å². The van der Waals surface area contributed by atoms with Crippen LogP contribution in [0.5, 0.6) is 5.75 Å². The van der Waals surface area contributed by atoms with Gasteiger partial charge in [-0.1, -0.05) is 18.2 Å². The number of nitrogens with one attached hydrogen (secondary N) is 2. The number of carbonyl (C=O) groups is 1. The summed E-state index contributed by atoms with van der Waals surface area (Å²) >= 11 is 6.43. The summed E-state index contributed by atoms with van der Waals surface area (Å²) in [5.74, 6) is 3.96. The molecule has 1 heterocycles. The number of hydrogen-bond donors (Lipinski definition) is 5. The molecule has 0 amide bonds. The molecule has 41 heavy (non-hydrogen) atoms. The van der Waals surface area contributed by atoms with E-state index in [0.717, 1.165) is 22.5 Å². The van der Waals surface area contributed by atoms with Gasteiger partial charge < -0.3 is 25.3 Å². The highest BCUT2D eigenvalue weighted by Crippen LogP contribution is 2.42. The molecule has 5 rings (SSSR count). The number of carboxylic acid groups (broad SMARTS) is 1. The number of thiocarbonyl (C=S) groups is 1. The van der Waals surface area contributed by atoms with E-state index in [9.17, 15) is 19.8 Å². The van der Waals surface area contributed by atoms with E-state index in [0.29, 0.717) is 51.4 Å². The summed E-state index contributed by atoms with van der Waals surface area (Å²) < 4.78 is 10.5. The number of fused-ring (bicyclic) bond motifs is 2. The third-order valence-electron chi connectivity index (χ3n) is 6.25. The molecular formula is C29H23N3O7S2. The second-order valence-electron chi connectivity index (χ2n) is 8.90. The molecule has 0 unspecified atom stereocenters. The Morgan fingerprint density at radius 2 is 1.78 bits per heavy atom. The Bertz CT molecular complexity index is 1770. The lowest BCUT2D eigenvalue weighted by atomic mass is 9.90.